The first-order chi connectivity index (χ1) is 13.8. The first-order valence-electron chi connectivity index (χ1n) is 9.18. The van der Waals surface area contributed by atoms with Gasteiger partial charge in [0.1, 0.15) is 5.69 Å². The zero-order valence-electron chi connectivity index (χ0n) is 15.3. The zero-order chi connectivity index (χ0) is 19.2. The Kier molecular flexibility index (Phi) is 5.24. The summed E-state index contributed by atoms with van der Waals surface area (Å²) in [6, 6.07) is 23.4. The van der Waals surface area contributed by atoms with Crippen molar-refractivity contribution in [1.29, 1.82) is 0 Å². The predicted octanol–water partition coefficient (Wildman–Crippen LogP) is 4.54. The summed E-state index contributed by atoms with van der Waals surface area (Å²) in [5.74, 6) is -0.256. The molecule has 0 aliphatic heterocycles. The molecule has 0 radical (unpaired) electrons. The molecular formula is C23H20N4O. The van der Waals surface area contributed by atoms with Gasteiger partial charge >= 0.3 is 0 Å². The molecule has 0 fully saturated rings. The summed E-state index contributed by atoms with van der Waals surface area (Å²) in [5, 5.41) is 7.21. The van der Waals surface area contributed by atoms with Gasteiger partial charge < -0.3 is 10.6 Å². The highest BCUT2D eigenvalue weighted by molar-refractivity contribution is 6.07. The predicted molar refractivity (Wildman–Crippen MR) is 113 cm³/mol. The molecule has 28 heavy (non-hydrogen) atoms. The van der Waals surface area contributed by atoms with Gasteiger partial charge in [0.05, 0.1) is 23.1 Å². The molecule has 0 saturated carbocycles. The maximum atomic E-state index is 12.5. The number of para-hydroxylation sites is 1. The monoisotopic (exact) mass is 368 g/mol. The fraction of sp³-hybridized carbons (Fsp3) is 0.0870. The maximum absolute atomic E-state index is 12.5. The van der Waals surface area contributed by atoms with E-state index in [0.29, 0.717) is 11.4 Å². The fourth-order valence-electron chi connectivity index (χ4n) is 3.02. The van der Waals surface area contributed by atoms with E-state index in [1.807, 2.05) is 54.6 Å². The standard InChI is InChI=1S/C23H20N4O/c28-23(27-20-10-4-8-18-9-5-14-25-22(18)20)21-12-11-19(16-26-21)24-15-13-17-6-2-1-3-7-17/h1-12,14,16,24H,13,15H2,(H,27,28). The third-order valence-electron chi connectivity index (χ3n) is 4.46. The first-order valence-corrected chi connectivity index (χ1v) is 9.18. The smallest absolute Gasteiger partial charge is 0.274 e. The molecule has 2 heterocycles. The van der Waals surface area contributed by atoms with Crippen molar-refractivity contribution in [2.45, 2.75) is 6.42 Å². The molecule has 2 aromatic heterocycles. The Bertz CT molecular complexity index is 1070. The quantitative estimate of drug-likeness (QED) is 0.524. The van der Waals surface area contributed by atoms with Gasteiger partial charge in [0.25, 0.3) is 5.91 Å². The summed E-state index contributed by atoms with van der Waals surface area (Å²) in [6.45, 7) is 0.804. The van der Waals surface area contributed by atoms with Gasteiger partial charge in [0.2, 0.25) is 0 Å². The number of anilines is 2. The van der Waals surface area contributed by atoms with Crippen LogP contribution in [0.4, 0.5) is 11.4 Å². The lowest BCUT2D eigenvalue weighted by Gasteiger charge is -2.09. The number of nitrogens with one attached hydrogen (secondary N) is 2. The number of benzene rings is 2. The van der Waals surface area contributed by atoms with Crippen LogP contribution in [0.15, 0.2) is 85.2 Å². The second-order valence-electron chi connectivity index (χ2n) is 6.43. The van der Waals surface area contributed by atoms with Crippen LogP contribution in [-0.2, 0) is 6.42 Å². The van der Waals surface area contributed by atoms with Crippen LogP contribution in [0.25, 0.3) is 10.9 Å². The molecule has 0 saturated heterocycles. The first kappa shape index (κ1) is 17.7. The summed E-state index contributed by atoms with van der Waals surface area (Å²) in [7, 11) is 0. The lowest BCUT2D eigenvalue weighted by atomic mass is 10.1. The minimum atomic E-state index is -0.256. The van der Waals surface area contributed by atoms with Gasteiger partial charge in [-0.3, -0.25) is 9.78 Å². The van der Waals surface area contributed by atoms with E-state index in [2.05, 4.69) is 32.7 Å². The topological polar surface area (TPSA) is 66.9 Å². The number of amides is 1. The van der Waals surface area contributed by atoms with E-state index in [1.54, 1.807) is 18.5 Å². The van der Waals surface area contributed by atoms with Gasteiger partial charge in [-0.2, -0.15) is 0 Å². The van der Waals surface area contributed by atoms with Crippen molar-refractivity contribution in [3.63, 3.8) is 0 Å². The largest absolute Gasteiger partial charge is 0.383 e. The second-order valence-corrected chi connectivity index (χ2v) is 6.43. The van der Waals surface area contributed by atoms with E-state index >= 15 is 0 Å². The molecule has 2 N–H and O–H groups in total. The number of pyridine rings is 2. The Labute approximate surface area is 163 Å². The number of fused-ring (bicyclic) bond motifs is 1. The average molecular weight is 368 g/mol. The molecule has 0 aliphatic carbocycles. The van der Waals surface area contributed by atoms with Gasteiger partial charge in [-0.05, 0) is 36.2 Å². The SMILES string of the molecule is O=C(Nc1cccc2cccnc12)c1ccc(NCCc2ccccc2)cn1. The van der Waals surface area contributed by atoms with Crippen molar-refractivity contribution in [2.24, 2.45) is 0 Å². The number of nitrogens with zero attached hydrogens (tertiary/aromatic N) is 2. The number of carbonyl (C=O) groups excluding carboxylic acids is 1. The summed E-state index contributed by atoms with van der Waals surface area (Å²) < 4.78 is 0. The van der Waals surface area contributed by atoms with Crippen LogP contribution in [0.5, 0.6) is 0 Å². The van der Waals surface area contributed by atoms with E-state index in [9.17, 15) is 4.79 Å². The van der Waals surface area contributed by atoms with E-state index in [1.165, 1.54) is 5.56 Å². The van der Waals surface area contributed by atoms with E-state index in [-0.39, 0.29) is 5.91 Å². The molecule has 138 valence electrons. The van der Waals surface area contributed by atoms with E-state index in [4.69, 9.17) is 0 Å². The molecule has 0 aliphatic rings. The zero-order valence-corrected chi connectivity index (χ0v) is 15.3. The highest BCUT2D eigenvalue weighted by Crippen LogP contribution is 2.21. The summed E-state index contributed by atoms with van der Waals surface area (Å²) >= 11 is 0. The minimum Gasteiger partial charge on any atom is -0.383 e. The fourth-order valence-corrected chi connectivity index (χ4v) is 3.02. The van der Waals surface area contributed by atoms with Crippen molar-refractivity contribution in [2.75, 3.05) is 17.2 Å². The van der Waals surface area contributed by atoms with Crippen LogP contribution in [0.1, 0.15) is 16.1 Å². The Morgan fingerprint density at radius 2 is 1.71 bits per heavy atom. The van der Waals surface area contributed by atoms with Crippen LogP contribution in [0.3, 0.4) is 0 Å². The van der Waals surface area contributed by atoms with Crippen LogP contribution in [0, 0.1) is 0 Å². The molecule has 4 rings (SSSR count). The second kappa shape index (κ2) is 8.31. The Hall–Kier alpha value is -3.73. The van der Waals surface area contributed by atoms with Crippen LogP contribution >= 0.6 is 0 Å². The van der Waals surface area contributed by atoms with Crippen molar-refractivity contribution in [3.8, 4) is 0 Å². The highest BCUT2D eigenvalue weighted by Gasteiger charge is 2.10. The lowest BCUT2D eigenvalue weighted by molar-refractivity contribution is 0.102. The normalized spacial score (nSPS) is 10.6. The summed E-state index contributed by atoms with van der Waals surface area (Å²) in [4.78, 5) is 21.2. The Morgan fingerprint density at radius 3 is 2.54 bits per heavy atom. The molecule has 5 nitrogen and oxygen atoms in total. The van der Waals surface area contributed by atoms with Crippen LogP contribution < -0.4 is 10.6 Å². The molecule has 0 unspecified atom stereocenters. The summed E-state index contributed by atoms with van der Waals surface area (Å²) in [6.07, 6.45) is 4.32. The van der Waals surface area contributed by atoms with Gasteiger partial charge in [0.15, 0.2) is 0 Å². The average Bonchev–Trinajstić information content (AvgIpc) is 2.75. The van der Waals surface area contributed by atoms with Crippen molar-refractivity contribution >= 4 is 28.2 Å². The van der Waals surface area contributed by atoms with Gasteiger partial charge in [-0.25, -0.2) is 4.98 Å². The van der Waals surface area contributed by atoms with E-state index in [0.717, 1.165) is 29.6 Å². The Balaban J connectivity index is 1.38. The number of hydrogen-bond acceptors (Lipinski definition) is 4. The van der Waals surface area contributed by atoms with Gasteiger partial charge in [-0.1, -0.05) is 48.5 Å². The number of rotatable bonds is 6. The third-order valence-corrected chi connectivity index (χ3v) is 4.46. The molecular weight excluding hydrogens is 348 g/mol. The molecule has 0 bridgehead atoms. The lowest BCUT2D eigenvalue weighted by Crippen LogP contribution is -2.14. The number of hydrogen-bond donors (Lipinski definition) is 2. The van der Waals surface area contributed by atoms with Crippen molar-refractivity contribution in [3.05, 3.63) is 96.4 Å². The highest BCUT2D eigenvalue weighted by atomic mass is 16.1. The number of carbonyl (C=O) groups is 1. The number of aromatic nitrogens is 2. The van der Waals surface area contributed by atoms with Crippen LogP contribution in [-0.4, -0.2) is 22.4 Å². The molecule has 0 spiro atoms. The van der Waals surface area contributed by atoms with Crippen LogP contribution in [0.2, 0.25) is 0 Å². The molecule has 1 amide bonds. The van der Waals surface area contributed by atoms with Gasteiger partial charge in [-0.15, -0.1) is 0 Å². The Morgan fingerprint density at radius 1 is 0.857 bits per heavy atom. The van der Waals surface area contributed by atoms with E-state index < -0.39 is 0 Å². The maximum Gasteiger partial charge on any atom is 0.274 e. The van der Waals surface area contributed by atoms with Crippen molar-refractivity contribution < 1.29 is 4.79 Å². The third kappa shape index (κ3) is 4.15. The molecule has 2 aromatic carbocycles. The minimum absolute atomic E-state index is 0.256. The molecule has 4 aromatic rings. The van der Waals surface area contributed by atoms with Gasteiger partial charge in [0, 0.05) is 18.1 Å². The summed E-state index contributed by atoms with van der Waals surface area (Å²) in [5.41, 5.74) is 3.97. The molecule has 5 heteroatoms. The van der Waals surface area contributed by atoms with Crippen molar-refractivity contribution in [1.82, 2.24) is 9.97 Å². The molecule has 0 atom stereocenters.